The molecule has 7 nitrogen and oxygen atoms in total. The highest BCUT2D eigenvalue weighted by molar-refractivity contribution is 8.15. The van der Waals surface area contributed by atoms with Gasteiger partial charge in [-0.2, -0.15) is 0 Å². The van der Waals surface area contributed by atoms with E-state index in [1.54, 1.807) is 24.4 Å². The Labute approximate surface area is 161 Å². The zero-order valence-electron chi connectivity index (χ0n) is 14.3. The van der Waals surface area contributed by atoms with Crippen molar-refractivity contribution in [3.8, 4) is 0 Å². The molecule has 2 aromatic rings. The summed E-state index contributed by atoms with van der Waals surface area (Å²) in [4.78, 5) is 21.0. The molecular formula is C18H18N4O3S2. The Hall–Kier alpha value is -2.39. The van der Waals surface area contributed by atoms with Gasteiger partial charge in [0.25, 0.3) is 5.91 Å². The molecular weight excluding hydrogens is 384 g/mol. The summed E-state index contributed by atoms with van der Waals surface area (Å²) in [7, 11) is -2.96. The highest BCUT2D eigenvalue weighted by Gasteiger charge is 2.42. The van der Waals surface area contributed by atoms with Crippen LogP contribution in [0, 0.1) is 0 Å². The molecule has 2 atom stereocenters. The number of thioether (sulfide) groups is 1. The van der Waals surface area contributed by atoms with Crippen LogP contribution >= 0.6 is 11.8 Å². The van der Waals surface area contributed by atoms with Crippen LogP contribution in [0.15, 0.2) is 53.7 Å². The second-order valence-electron chi connectivity index (χ2n) is 6.44. The molecule has 1 fully saturated rings. The molecule has 3 heterocycles. The molecule has 0 saturated carbocycles. The Bertz CT molecular complexity index is 993. The third kappa shape index (κ3) is 4.30. The number of amides is 1. The van der Waals surface area contributed by atoms with Crippen molar-refractivity contribution in [2.45, 2.75) is 17.8 Å². The van der Waals surface area contributed by atoms with E-state index in [0.717, 1.165) is 11.4 Å². The number of nitrogens with one attached hydrogen (secondary N) is 2. The van der Waals surface area contributed by atoms with E-state index >= 15 is 0 Å². The fourth-order valence-electron chi connectivity index (χ4n) is 3.05. The highest BCUT2D eigenvalue weighted by Crippen LogP contribution is 2.34. The number of aromatic nitrogens is 1. The number of hydrogen-bond donors (Lipinski definition) is 2. The van der Waals surface area contributed by atoms with Gasteiger partial charge in [0.1, 0.15) is 0 Å². The second-order valence-corrected chi connectivity index (χ2v) is 9.83. The Kier molecular flexibility index (Phi) is 4.88. The summed E-state index contributed by atoms with van der Waals surface area (Å²) in [6.45, 7) is 0.359. The number of amidine groups is 1. The van der Waals surface area contributed by atoms with E-state index < -0.39 is 9.84 Å². The van der Waals surface area contributed by atoms with Crippen molar-refractivity contribution in [3.05, 3.63) is 59.9 Å². The molecule has 4 rings (SSSR count). The molecule has 2 aliphatic heterocycles. The van der Waals surface area contributed by atoms with Crippen LogP contribution in [-0.4, -0.2) is 47.3 Å². The monoisotopic (exact) mass is 402 g/mol. The van der Waals surface area contributed by atoms with Gasteiger partial charge in [-0.3, -0.25) is 14.8 Å². The van der Waals surface area contributed by atoms with Gasteiger partial charge in [-0.05, 0) is 30.3 Å². The van der Waals surface area contributed by atoms with Gasteiger partial charge in [0, 0.05) is 22.7 Å². The zero-order chi connectivity index (χ0) is 18.9. The summed E-state index contributed by atoms with van der Waals surface area (Å²) in [5.74, 6) is 0.104. The number of carbonyl (C=O) groups is 1. The fraction of sp³-hybridized carbons (Fsp3) is 0.278. The second kappa shape index (κ2) is 7.32. The molecule has 1 aromatic heterocycles. The number of sulfone groups is 1. The number of pyridine rings is 1. The minimum Gasteiger partial charge on any atom is -0.346 e. The molecule has 1 aromatic carbocycles. The number of anilines is 1. The summed E-state index contributed by atoms with van der Waals surface area (Å²) < 4.78 is 23.3. The molecule has 1 amide bonds. The summed E-state index contributed by atoms with van der Waals surface area (Å²) in [6.07, 6.45) is 1.69. The first-order valence-corrected chi connectivity index (χ1v) is 11.2. The number of carbonyl (C=O) groups excluding carboxylic acids is 1. The maximum Gasteiger partial charge on any atom is 0.251 e. The van der Waals surface area contributed by atoms with E-state index in [-0.39, 0.29) is 28.7 Å². The zero-order valence-corrected chi connectivity index (χ0v) is 16.0. The molecule has 27 heavy (non-hydrogen) atoms. The van der Waals surface area contributed by atoms with Gasteiger partial charge < -0.3 is 10.6 Å². The third-order valence-electron chi connectivity index (χ3n) is 4.35. The summed E-state index contributed by atoms with van der Waals surface area (Å²) in [5, 5.41) is 6.73. The molecule has 0 radical (unpaired) electrons. The van der Waals surface area contributed by atoms with E-state index in [2.05, 4.69) is 20.6 Å². The summed E-state index contributed by atoms with van der Waals surface area (Å²) in [5.41, 5.74) is 2.07. The number of fused-ring (bicyclic) bond motifs is 1. The number of nitrogens with zero attached hydrogens (tertiary/aromatic N) is 2. The van der Waals surface area contributed by atoms with Crippen LogP contribution in [0.4, 0.5) is 5.69 Å². The van der Waals surface area contributed by atoms with Crippen LogP contribution in [0.1, 0.15) is 16.1 Å². The normalized spacial score (nSPS) is 22.7. The molecule has 2 N–H and O–H groups in total. The molecule has 0 spiro atoms. The average Bonchev–Trinajstić information content (AvgIpc) is 3.13. The lowest BCUT2D eigenvalue weighted by atomic mass is 10.2. The summed E-state index contributed by atoms with van der Waals surface area (Å²) in [6, 6.07) is 12.5. The fourth-order valence-corrected chi connectivity index (χ4v) is 6.73. The number of aliphatic imine (C=N–C) groups is 1. The van der Waals surface area contributed by atoms with Crippen molar-refractivity contribution in [2.24, 2.45) is 4.99 Å². The predicted octanol–water partition coefficient (Wildman–Crippen LogP) is 1.69. The van der Waals surface area contributed by atoms with Crippen LogP contribution in [0.2, 0.25) is 0 Å². The van der Waals surface area contributed by atoms with E-state index in [1.165, 1.54) is 11.8 Å². The molecule has 2 aliphatic rings. The van der Waals surface area contributed by atoms with Gasteiger partial charge in [-0.25, -0.2) is 8.42 Å². The van der Waals surface area contributed by atoms with Crippen LogP contribution < -0.4 is 10.6 Å². The third-order valence-corrected chi connectivity index (χ3v) is 7.49. The minimum atomic E-state index is -2.96. The minimum absolute atomic E-state index is 0.0117. The SMILES string of the molecule is O=C(NCc1ccccn1)c1cccc(NC2=N[C@@H]3CS(=O)(=O)C[C@H]3S2)c1. The van der Waals surface area contributed by atoms with Gasteiger partial charge >= 0.3 is 0 Å². The van der Waals surface area contributed by atoms with Gasteiger partial charge in [-0.1, -0.05) is 23.9 Å². The quantitative estimate of drug-likeness (QED) is 0.807. The molecule has 0 aliphatic carbocycles. The van der Waals surface area contributed by atoms with Crippen molar-refractivity contribution in [2.75, 3.05) is 16.8 Å². The first-order valence-electron chi connectivity index (χ1n) is 8.49. The first kappa shape index (κ1) is 18.0. The van der Waals surface area contributed by atoms with Crippen LogP contribution in [-0.2, 0) is 16.4 Å². The average molecular weight is 403 g/mol. The molecule has 140 valence electrons. The van der Waals surface area contributed by atoms with Gasteiger partial charge in [0.05, 0.1) is 29.8 Å². The Morgan fingerprint density at radius 2 is 2.07 bits per heavy atom. The predicted molar refractivity (Wildman–Crippen MR) is 107 cm³/mol. The maximum absolute atomic E-state index is 12.4. The number of benzene rings is 1. The van der Waals surface area contributed by atoms with Crippen molar-refractivity contribution < 1.29 is 13.2 Å². The molecule has 9 heteroatoms. The topological polar surface area (TPSA) is 101 Å². The number of hydrogen-bond acceptors (Lipinski definition) is 7. The maximum atomic E-state index is 12.4. The standard InChI is InChI=1S/C18H18N4O3S2/c23-17(20-9-14-5-1-2-7-19-14)12-4-3-6-13(8-12)21-18-22-15-10-27(24,25)11-16(15)26-18/h1-8,15-16H,9-11H2,(H,20,23)(H,21,22)/t15-,16-/m1/s1. The lowest BCUT2D eigenvalue weighted by Crippen LogP contribution is -2.23. The Balaban J connectivity index is 1.39. The van der Waals surface area contributed by atoms with Crippen molar-refractivity contribution in [1.82, 2.24) is 10.3 Å². The Morgan fingerprint density at radius 3 is 2.85 bits per heavy atom. The lowest BCUT2D eigenvalue weighted by Gasteiger charge is -2.09. The van der Waals surface area contributed by atoms with Crippen molar-refractivity contribution in [3.63, 3.8) is 0 Å². The number of rotatable bonds is 4. The van der Waals surface area contributed by atoms with Crippen molar-refractivity contribution >= 4 is 38.4 Å². The van der Waals surface area contributed by atoms with E-state index in [0.29, 0.717) is 17.3 Å². The van der Waals surface area contributed by atoms with E-state index in [9.17, 15) is 13.2 Å². The molecule has 1 saturated heterocycles. The Morgan fingerprint density at radius 1 is 1.19 bits per heavy atom. The van der Waals surface area contributed by atoms with Gasteiger partial charge in [0.2, 0.25) is 0 Å². The van der Waals surface area contributed by atoms with Crippen molar-refractivity contribution in [1.29, 1.82) is 0 Å². The van der Waals surface area contributed by atoms with Crippen LogP contribution in [0.25, 0.3) is 0 Å². The molecule has 0 bridgehead atoms. The summed E-state index contributed by atoms with van der Waals surface area (Å²) >= 11 is 1.45. The van der Waals surface area contributed by atoms with Crippen LogP contribution in [0.3, 0.4) is 0 Å². The van der Waals surface area contributed by atoms with Crippen LogP contribution in [0.5, 0.6) is 0 Å². The van der Waals surface area contributed by atoms with Gasteiger partial charge in [0.15, 0.2) is 15.0 Å². The molecule has 0 unspecified atom stereocenters. The van der Waals surface area contributed by atoms with E-state index in [4.69, 9.17) is 0 Å². The largest absolute Gasteiger partial charge is 0.346 e. The lowest BCUT2D eigenvalue weighted by molar-refractivity contribution is 0.0950. The highest BCUT2D eigenvalue weighted by atomic mass is 32.2. The first-order chi connectivity index (χ1) is 13.0. The van der Waals surface area contributed by atoms with E-state index in [1.807, 2.05) is 24.3 Å². The van der Waals surface area contributed by atoms with Gasteiger partial charge in [-0.15, -0.1) is 0 Å². The smallest absolute Gasteiger partial charge is 0.251 e.